The Hall–Kier alpha value is -1.61. The normalized spacial score (nSPS) is 17.3. The highest BCUT2D eigenvalue weighted by molar-refractivity contribution is 9.10. The van der Waals surface area contributed by atoms with E-state index < -0.39 is 0 Å². The molecule has 3 heteroatoms. The molecule has 1 atom stereocenters. The number of fused-ring (bicyclic) bond motifs is 1. The number of carbonyl (C=O) groups is 1. The van der Waals surface area contributed by atoms with Crippen LogP contribution in [0.25, 0.3) is 0 Å². The number of benzene rings is 2. The van der Waals surface area contributed by atoms with Gasteiger partial charge in [-0.1, -0.05) is 40.2 Å². The minimum Gasteiger partial charge on any atom is -0.426 e. The van der Waals surface area contributed by atoms with Crippen molar-refractivity contribution < 1.29 is 9.53 Å². The van der Waals surface area contributed by atoms with Gasteiger partial charge >= 0.3 is 5.97 Å². The average Bonchev–Trinajstić information content (AvgIpc) is 2.44. The summed E-state index contributed by atoms with van der Waals surface area (Å²) in [4.78, 5) is 12.0. The molecule has 1 aliphatic rings. The van der Waals surface area contributed by atoms with E-state index in [0.29, 0.717) is 12.2 Å². The van der Waals surface area contributed by atoms with Gasteiger partial charge in [-0.15, -0.1) is 0 Å². The van der Waals surface area contributed by atoms with E-state index in [0.717, 1.165) is 21.2 Å². The molecular formula is C18H17BrO2. The Bertz CT molecular complexity index is 734. The minimum absolute atomic E-state index is 0.0688. The van der Waals surface area contributed by atoms with Crippen LogP contribution in [0.2, 0.25) is 0 Å². The highest BCUT2D eigenvalue weighted by atomic mass is 79.9. The second-order valence-corrected chi connectivity index (χ2v) is 6.42. The molecule has 0 saturated carbocycles. The first-order chi connectivity index (χ1) is 9.99. The Morgan fingerprint density at radius 2 is 1.86 bits per heavy atom. The van der Waals surface area contributed by atoms with Crippen molar-refractivity contribution >= 4 is 21.9 Å². The molecule has 0 aliphatic carbocycles. The predicted octanol–water partition coefficient (Wildman–Crippen LogP) is 4.82. The van der Waals surface area contributed by atoms with Crippen molar-refractivity contribution in [1.29, 1.82) is 0 Å². The van der Waals surface area contributed by atoms with Crippen LogP contribution < -0.4 is 4.74 Å². The molecule has 3 rings (SSSR count). The van der Waals surface area contributed by atoms with Crippen molar-refractivity contribution in [2.24, 2.45) is 0 Å². The molecule has 0 amide bonds. The SMILES string of the molecule is Cc1ccccc1C1CC(=O)Oc2cc(C)c(Br)c(C)c21. The third-order valence-corrected chi connectivity index (χ3v) is 5.42. The van der Waals surface area contributed by atoms with Crippen LogP contribution in [0, 0.1) is 20.8 Å². The molecule has 1 unspecified atom stereocenters. The molecule has 0 saturated heterocycles. The largest absolute Gasteiger partial charge is 0.426 e. The van der Waals surface area contributed by atoms with Crippen molar-refractivity contribution in [3.63, 3.8) is 0 Å². The van der Waals surface area contributed by atoms with E-state index in [1.807, 2.05) is 25.1 Å². The van der Waals surface area contributed by atoms with Gasteiger partial charge in [0, 0.05) is 16.0 Å². The summed E-state index contributed by atoms with van der Waals surface area (Å²) >= 11 is 3.65. The van der Waals surface area contributed by atoms with E-state index in [9.17, 15) is 4.79 Å². The second-order valence-electron chi connectivity index (χ2n) is 5.63. The van der Waals surface area contributed by atoms with Crippen molar-refractivity contribution in [2.45, 2.75) is 33.1 Å². The number of esters is 1. The number of rotatable bonds is 1. The van der Waals surface area contributed by atoms with Crippen LogP contribution in [0.3, 0.4) is 0 Å². The Kier molecular flexibility index (Phi) is 3.62. The number of ether oxygens (including phenoxy) is 1. The van der Waals surface area contributed by atoms with E-state index in [-0.39, 0.29) is 11.9 Å². The topological polar surface area (TPSA) is 26.3 Å². The highest BCUT2D eigenvalue weighted by Crippen LogP contribution is 2.44. The molecule has 1 heterocycles. The summed E-state index contributed by atoms with van der Waals surface area (Å²) in [6, 6.07) is 10.2. The third kappa shape index (κ3) is 2.40. The number of aryl methyl sites for hydroxylation is 2. The van der Waals surface area contributed by atoms with Gasteiger partial charge in [0.2, 0.25) is 0 Å². The molecule has 0 fully saturated rings. The molecule has 0 spiro atoms. The van der Waals surface area contributed by atoms with Gasteiger partial charge in [0.25, 0.3) is 0 Å². The van der Waals surface area contributed by atoms with Gasteiger partial charge in [-0.3, -0.25) is 4.79 Å². The van der Waals surface area contributed by atoms with Crippen LogP contribution in [0.4, 0.5) is 0 Å². The zero-order valence-electron chi connectivity index (χ0n) is 12.4. The quantitative estimate of drug-likeness (QED) is 0.547. The summed E-state index contributed by atoms with van der Waals surface area (Å²) in [6.07, 6.45) is 0.397. The van der Waals surface area contributed by atoms with Crippen molar-refractivity contribution in [3.8, 4) is 5.75 Å². The first kappa shape index (κ1) is 14.3. The molecule has 2 aromatic rings. The second kappa shape index (κ2) is 5.30. The van der Waals surface area contributed by atoms with Gasteiger partial charge in [0.1, 0.15) is 5.75 Å². The molecule has 2 nitrogen and oxygen atoms in total. The van der Waals surface area contributed by atoms with Crippen molar-refractivity contribution in [1.82, 2.24) is 0 Å². The highest BCUT2D eigenvalue weighted by Gasteiger charge is 2.31. The molecule has 0 aromatic heterocycles. The number of hydrogen-bond donors (Lipinski definition) is 0. The van der Waals surface area contributed by atoms with Crippen LogP contribution in [0.5, 0.6) is 5.75 Å². The summed E-state index contributed by atoms with van der Waals surface area (Å²) in [5.74, 6) is 0.619. The smallest absolute Gasteiger partial charge is 0.312 e. The van der Waals surface area contributed by atoms with Gasteiger partial charge in [0.05, 0.1) is 6.42 Å². The summed E-state index contributed by atoms with van der Waals surface area (Å²) in [6.45, 7) is 6.19. The lowest BCUT2D eigenvalue weighted by molar-refractivity contribution is -0.135. The van der Waals surface area contributed by atoms with Crippen LogP contribution >= 0.6 is 15.9 Å². The minimum atomic E-state index is -0.156. The maximum atomic E-state index is 12.0. The number of carbonyl (C=O) groups excluding carboxylic acids is 1. The lowest BCUT2D eigenvalue weighted by Gasteiger charge is -2.28. The molecule has 108 valence electrons. The standard InChI is InChI=1S/C18H17BrO2/c1-10-6-4-5-7-13(10)14-9-16(20)21-15-8-11(2)18(19)12(3)17(14)15/h4-8,14H,9H2,1-3H3. The Labute approximate surface area is 133 Å². The molecule has 2 aromatic carbocycles. The van der Waals surface area contributed by atoms with E-state index in [1.165, 1.54) is 11.1 Å². The molecule has 0 bridgehead atoms. The third-order valence-electron chi connectivity index (χ3n) is 4.20. The average molecular weight is 345 g/mol. The van der Waals surface area contributed by atoms with Crippen molar-refractivity contribution in [2.75, 3.05) is 0 Å². The molecule has 1 aliphatic heterocycles. The molecular weight excluding hydrogens is 328 g/mol. The molecule has 21 heavy (non-hydrogen) atoms. The summed E-state index contributed by atoms with van der Waals surface area (Å²) < 4.78 is 6.58. The Balaban J connectivity index is 2.25. The molecule has 0 radical (unpaired) electrons. The van der Waals surface area contributed by atoms with E-state index in [4.69, 9.17) is 4.74 Å². The molecule has 0 N–H and O–H groups in total. The zero-order valence-corrected chi connectivity index (χ0v) is 14.0. The predicted molar refractivity (Wildman–Crippen MR) is 86.9 cm³/mol. The maximum Gasteiger partial charge on any atom is 0.312 e. The van der Waals surface area contributed by atoms with Gasteiger partial charge in [-0.05, 0) is 49.1 Å². The van der Waals surface area contributed by atoms with Crippen LogP contribution in [0.15, 0.2) is 34.8 Å². The van der Waals surface area contributed by atoms with Gasteiger partial charge < -0.3 is 4.74 Å². The Morgan fingerprint density at radius 3 is 2.57 bits per heavy atom. The van der Waals surface area contributed by atoms with Crippen LogP contribution in [-0.2, 0) is 4.79 Å². The maximum absolute atomic E-state index is 12.0. The summed E-state index contributed by atoms with van der Waals surface area (Å²) in [7, 11) is 0. The lowest BCUT2D eigenvalue weighted by atomic mass is 9.81. The Morgan fingerprint density at radius 1 is 1.14 bits per heavy atom. The van der Waals surface area contributed by atoms with Gasteiger partial charge in [0.15, 0.2) is 0 Å². The monoisotopic (exact) mass is 344 g/mol. The van der Waals surface area contributed by atoms with Crippen LogP contribution in [-0.4, -0.2) is 5.97 Å². The lowest BCUT2D eigenvalue weighted by Crippen LogP contribution is -2.22. The summed E-state index contributed by atoms with van der Waals surface area (Å²) in [5.41, 5.74) is 5.78. The summed E-state index contributed by atoms with van der Waals surface area (Å²) in [5, 5.41) is 0. The van der Waals surface area contributed by atoms with Crippen molar-refractivity contribution in [3.05, 3.63) is 62.6 Å². The van der Waals surface area contributed by atoms with Crippen LogP contribution in [0.1, 0.15) is 40.2 Å². The first-order valence-electron chi connectivity index (χ1n) is 7.05. The van der Waals surface area contributed by atoms with E-state index >= 15 is 0 Å². The van der Waals surface area contributed by atoms with Gasteiger partial charge in [-0.2, -0.15) is 0 Å². The number of hydrogen-bond acceptors (Lipinski definition) is 2. The fraction of sp³-hybridized carbons (Fsp3) is 0.278. The zero-order chi connectivity index (χ0) is 15.1. The first-order valence-corrected chi connectivity index (χ1v) is 7.84. The van der Waals surface area contributed by atoms with E-state index in [1.54, 1.807) is 0 Å². The number of halogens is 1. The van der Waals surface area contributed by atoms with Gasteiger partial charge in [-0.25, -0.2) is 0 Å². The van der Waals surface area contributed by atoms with E-state index in [2.05, 4.69) is 41.9 Å². The fourth-order valence-corrected chi connectivity index (χ4v) is 3.46. The fourth-order valence-electron chi connectivity index (χ4n) is 3.13.